The number of hydrogen-bond acceptors (Lipinski definition) is 2. The van der Waals surface area contributed by atoms with Gasteiger partial charge < -0.3 is 11.1 Å². The number of nitrogens with zero attached hydrogens (tertiary/aromatic N) is 2. The van der Waals surface area contributed by atoms with E-state index in [1.54, 1.807) is 0 Å². The van der Waals surface area contributed by atoms with Crippen molar-refractivity contribution in [2.75, 3.05) is 6.54 Å². The second-order valence-electron chi connectivity index (χ2n) is 6.03. The summed E-state index contributed by atoms with van der Waals surface area (Å²) >= 11 is 0. The van der Waals surface area contributed by atoms with E-state index in [-0.39, 0.29) is 5.41 Å². The smallest absolute Gasteiger partial charge is 0.188 e. The van der Waals surface area contributed by atoms with Gasteiger partial charge >= 0.3 is 0 Å². The van der Waals surface area contributed by atoms with Crippen LogP contribution in [0.3, 0.4) is 0 Å². The third kappa shape index (κ3) is 3.46. The fourth-order valence-electron chi connectivity index (χ4n) is 2.36. The van der Waals surface area contributed by atoms with Crippen molar-refractivity contribution in [3.05, 3.63) is 29.6 Å². The summed E-state index contributed by atoms with van der Waals surface area (Å²) < 4.78 is 0. The van der Waals surface area contributed by atoms with Crippen LogP contribution in [-0.2, 0) is 5.41 Å². The van der Waals surface area contributed by atoms with Gasteiger partial charge in [0.1, 0.15) is 0 Å². The number of nitrogens with one attached hydrogen (secondary N) is 1. The Balaban J connectivity index is 2.00. The molecule has 1 fully saturated rings. The quantitative estimate of drug-likeness (QED) is 0.644. The first kappa shape index (κ1) is 13.8. The van der Waals surface area contributed by atoms with Crippen LogP contribution < -0.4 is 11.1 Å². The van der Waals surface area contributed by atoms with Crippen LogP contribution in [-0.4, -0.2) is 23.5 Å². The van der Waals surface area contributed by atoms with E-state index in [1.165, 1.54) is 24.8 Å². The Morgan fingerprint density at radius 3 is 2.84 bits per heavy atom. The van der Waals surface area contributed by atoms with Crippen LogP contribution in [0.4, 0.5) is 0 Å². The fourth-order valence-corrected chi connectivity index (χ4v) is 2.36. The number of pyridine rings is 1. The van der Waals surface area contributed by atoms with Crippen LogP contribution in [0.2, 0.25) is 0 Å². The second-order valence-corrected chi connectivity index (χ2v) is 6.03. The molecule has 1 saturated carbocycles. The molecule has 4 heteroatoms. The molecule has 0 bridgehead atoms. The molecule has 1 aliphatic carbocycles. The predicted molar refractivity (Wildman–Crippen MR) is 79.3 cm³/mol. The Labute approximate surface area is 115 Å². The summed E-state index contributed by atoms with van der Waals surface area (Å²) in [5.41, 5.74) is 8.12. The van der Waals surface area contributed by atoms with Crippen molar-refractivity contribution in [2.24, 2.45) is 10.7 Å². The minimum Gasteiger partial charge on any atom is -0.370 e. The normalized spacial score (nSPS) is 17.1. The maximum absolute atomic E-state index is 5.93. The van der Waals surface area contributed by atoms with Gasteiger partial charge in [0.15, 0.2) is 5.96 Å². The van der Waals surface area contributed by atoms with Gasteiger partial charge in [0.05, 0.1) is 12.2 Å². The van der Waals surface area contributed by atoms with Crippen molar-refractivity contribution in [1.29, 1.82) is 0 Å². The second kappa shape index (κ2) is 5.59. The summed E-state index contributed by atoms with van der Waals surface area (Å²) in [4.78, 5) is 8.96. The minimum absolute atomic E-state index is 0.0999. The monoisotopic (exact) mass is 260 g/mol. The first-order valence-corrected chi connectivity index (χ1v) is 6.97. The average Bonchev–Trinajstić information content (AvgIpc) is 2.32. The number of nitrogens with two attached hydrogens (primary N) is 1. The lowest BCUT2D eigenvalue weighted by Crippen LogP contribution is -2.44. The first-order valence-electron chi connectivity index (χ1n) is 6.97. The van der Waals surface area contributed by atoms with Gasteiger partial charge in [-0.3, -0.25) is 9.98 Å². The van der Waals surface area contributed by atoms with E-state index in [9.17, 15) is 0 Å². The summed E-state index contributed by atoms with van der Waals surface area (Å²) in [5, 5.41) is 3.26. The molecule has 1 aliphatic rings. The van der Waals surface area contributed by atoms with Crippen LogP contribution in [0, 0.1) is 6.92 Å². The maximum atomic E-state index is 5.93. The lowest BCUT2D eigenvalue weighted by molar-refractivity contribution is 0.381. The van der Waals surface area contributed by atoms with Gasteiger partial charge in [-0.1, -0.05) is 19.9 Å². The fraction of sp³-hybridized carbons (Fsp3) is 0.600. The van der Waals surface area contributed by atoms with Crippen LogP contribution >= 0.6 is 0 Å². The zero-order valence-corrected chi connectivity index (χ0v) is 12.1. The Kier molecular flexibility index (Phi) is 4.08. The predicted octanol–water partition coefficient (Wildman–Crippen LogP) is 2.12. The number of hydrogen-bond donors (Lipinski definition) is 2. The Hall–Kier alpha value is -1.58. The highest BCUT2D eigenvalue weighted by atomic mass is 15.1. The minimum atomic E-state index is -0.0999. The molecule has 0 aromatic carbocycles. The largest absolute Gasteiger partial charge is 0.370 e. The van der Waals surface area contributed by atoms with Crippen LogP contribution in [0.25, 0.3) is 0 Å². The van der Waals surface area contributed by atoms with E-state index in [1.807, 2.05) is 12.3 Å². The Bertz CT molecular complexity index is 461. The number of guanidine groups is 1. The maximum Gasteiger partial charge on any atom is 0.188 e. The highest BCUT2D eigenvalue weighted by Crippen LogP contribution is 2.24. The van der Waals surface area contributed by atoms with E-state index >= 15 is 0 Å². The zero-order chi connectivity index (χ0) is 13.9. The molecular formula is C15H24N4. The molecule has 19 heavy (non-hydrogen) atoms. The molecule has 3 N–H and O–H groups in total. The Morgan fingerprint density at radius 2 is 2.26 bits per heavy atom. The molecule has 4 nitrogen and oxygen atoms in total. The zero-order valence-electron chi connectivity index (χ0n) is 12.1. The molecule has 0 atom stereocenters. The highest BCUT2D eigenvalue weighted by Gasteiger charge is 2.24. The Morgan fingerprint density at radius 1 is 1.53 bits per heavy atom. The van der Waals surface area contributed by atoms with E-state index < -0.39 is 0 Å². The van der Waals surface area contributed by atoms with Crippen molar-refractivity contribution < 1.29 is 0 Å². The molecule has 0 unspecified atom stereocenters. The number of rotatable bonds is 4. The van der Waals surface area contributed by atoms with E-state index in [4.69, 9.17) is 5.73 Å². The summed E-state index contributed by atoms with van der Waals surface area (Å²) in [6, 6.07) is 4.58. The van der Waals surface area contributed by atoms with Crippen molar-refractivity contribution in [3.8, 4) is 0 Å². The van der Waals surface area contributed by atoms with Crippen LogP contribution in [0.1, 0.15) is 44.4 Å². The van der Waals surface area contributed by atoms with E-state index in [0.717, 1.165) is 5.69 Å². The van der Waals surface area contributed by atoms with Crippen LogP contribution in [0.15, 0.2) is 23.3 Å². The highest BCUT2D eigenvalue weighted by molar-refractivity contribution is 5.78. The number of aliphatic imine (C=N–C) groups is 1. The number of aryl methyl sites for hydroxylation is 1. The van der Waals surface area contributed by atoms with Crippen molar-refractivity contribution in [3.63, 3.8) is 0 Å². The van der Waals surface area contributed by atoms with Gasteiger partial charge in [-0.2, -0.15) is 0 Å². The third-order valence-electron chi connectivity index (χ3n) is 3.75. The van der Waals surface area contributed by atoms with Crippen molar-refractivity contribution >= 4 is 5.96 Å². The molecule has 0 spiro atoms. The molecule has 104 valence electrons. The lowest BCUT2D eigenvalue weighted by Gasteiger charge is -2.28. The van der Waals surface area contributed by atoms with E-state index in [0.29, 0.717) is 18.5 Å². The molecule has 1 aromatic heterocycles. The summed E-state index contributed by atoms with van der Waals surface area (Å²) in [5.74, 6) is 0.561. The summed E-state index contributed by atoms with van der Waals surface area (Å²) in [6.07, 6.45) is 5.55. The molecule has 0 amide bonds. The molecule has 0 radical (unpaired) electrons. The van der Waals surface area contributed by atoms with Gasteiger partial charge in [-0.05, 0) is 37.8 Å². The van der Waals surface area contributed by atoms with Gasteiger partial charge in [-0.15, -0.1) is 0 Å². The van der Waals surface area contributed by atoms with Crippen molar-refractivity contribution in [1.82, 2.24) is 10.3 Å². The SMILES string of the molecule is Cc1cccnc1C(C)(C)CN=C(N)NC1CCC1. The molecule has 2 rings (SSSR count). The van der Waals surface area contributed by atoms with Gasteiger partial charge in [-0.25, -0.2) is 0 Å². The molecular weight excluding hydrogens is 236 g/mol. The van der Waals surface area contributed by atoms with Crippen LogP contribution in [0.5, 0.6) is 0 Å². The molecule has 1 heterocycles. The van der Waals surface area contributed by atoms with Crippen molar-refractivity contribution in [2.45, 2.75) is 51.5 Å². The standard InChI is InChI=1S/C15H24N4/c1-11-6-5-9-17-13(11)15(2,3)10-18-14(16)19-12-7-4-8-12/h5-6,9,12H,4,7-8,10H2,1-3H3,(H3,16,18,19). The molecule has 0 saturated heterocycles. The summed E-state index contributed by atoms with van der Waals surface area (Å²) in [6.45, 7) is 7.05. The lowest BCUT2D eigenvalue weighted by atomic mass is 9.86. The van der Waals surface area contributed by atoms with Gasteiger partial charge in [0.25, 0.3) is 0 Å². The molecule has 1 aromatic rings. The average molecular weight is 260 g/mol. The first-order chi connectivity index (χ1) is 8.99. The van der Waals surface area contributed by atoms with Gasteiger partial charge in [0, 0.05) is 17.7 Å². The topological polar surface area (TPSA) is 63.3 Å². The number of aromatic nitrogens is 1. The van der Waals surface area contributed by atoms with Gasteiger partial charge in [0.2, 0.25) is 0 Å². The molecule has 0 aliphatic heterocycles. The van der Waals surface area contributed by atoms with E-state index in [2.05, 4.69) is 42.1 Å². The summed E-state index contributed by atoms with van der Waals surface area (Å²) in [7, 11) is 0. The third-order valence-corrected chi connectivity index (χ3v) is 3.75.